The number of benzene rings is 1. The van der Waals surface area contributed by atoms with Gasteiger partial charge in [0, 0.05) is 17.3 Å². The number of hydrogen-bond donors (Lipinski definition) is 1. The predicted octanol–water partition coefficient (Wildman–Crippen LogP) is 4.43. The van der Waals surface area contributed by atoms with Crippen LogP contribution in [0.1, 0.15) is 45.1 Å². The largest absolute Gasteiger partial charge is 0.423 e. The average Bonchev–Trinajstić information content (AvgIpc) is 2.99. The highest BCUT2D eigenvalue weighted by atomic mass is 16.4. The zero-order valence-electron chi connectivity index (χ0n) is 12.5. The van der Waals surface area contributed by atoms with Gasteiger partial charge in [0.2, 0.25) is 12.3 Å². The Labute approximate surface area is 120 Å². The van der Waals surface area contributed by atoms with Gasteiger partial charge < -0.3 is 9.73 Å². The van der Waals surface area contributed by atoms with Crippen molar-refractivity contribution in [1.82, 2.24) is 10.2 Å². The number of nitrogens with zero attached hydrogens (tertiary/aromatic N) is 2. The van der Waals surface area contributed by atoms with E-state index in [1.165, 1.54) is 31.2 Å². The van der Waals surface area contributed by atoms with E-state index in [2.05, 4.69) is 48.4 Å². The zero-order chi connectivity index (χ0) is 14.4. The van der Waals surface area contributed by atoms with E-state index in [9.17, 15) is 0 Å². The van der Waals surface area contributed by atoms with Crippen LogP contribution in [0, 0.1) is 6.92 Å². The van der Waals surface area contributed by atoms with Gasteiger partial charge >= 0.3 is 0 Å². The number of unbranched alkanes of at least 4 members (excludes halogenated alkanes) is 1. The summed E-state index contributed by atoms with van der Waals surface area (Å²) in [4.78, 5) is 0. The first-order valence-corrected chi connectivity index (χ1v) is 7.38. The van der Waals surface area contributed by atoms with Gasteiger partial charge in [0.05, 0.1) is 0 Å². The molecule has 1 aromatic heterocycles. The van der Waals surface area contributed by atoms with E-state index in [1.54, 1.807) is 0 Å². The summed E-state index contributed by atoms with van der Waals surface area (Å²) < 4.78 is 5.26. The van der Waals surface area contributed by atoms with E-state index in [4.69, 9.17) is 4.42 Å². The molecule has 0 fully saturated rings. The van der Waals surface area contributed by atoms with Gasteiger partial charge in [0.15, 0.2) is 0 Å². The minimum absolute atomic E-state index is 0.520. The molecule has 0 amide bonds. The van der Waals surface area contributed by atoms with Gasteiger partial charge in [-0.25, -0.2) is 0 Å². The molecule has 0 saturated heterocycles. The SMILES string of the molecule is CCCCC(CC)Nc1cc(-c2nnco2)ccc1C. The first-order chi connectivity index (χ1) is 9.74. The zero-order valence-corrected chi connectivity index (χ0v) is 12.5. The summed E-state index contributed by atoms with van der Waals surface area (Å²) in [5.74, 6) is 0.564. The molecule has 0 spiro atoms. The summed E-state index contributed by atoms with van der Waals surface area (Å²) in [7, 11) is 0. The second-order valence-corrected chi connectivity index (χ2v) is 5.17. The smallest absolute Gasteiger partial charge is 0.247 e. The van der Waals surface area contributed by atoms with Crippen LogP contribution in [0.4, 0.5) is 5.69 Å². The molecule has 1 aromatic carbocycles. The Morgan fingerprint density at radius 1 is 1.30 bits per heavy atom. The molecule has 1 N–H and O–H groups in total. The van der Waals surface area contributed by atoms with Crippen LogP contribution in [0.25, 0.3) is 11.5 Å². The molecule has 1 heterocycles. The number of hydrogen-bond acceptors (Lipinski definition) is 4. The lowest BCUT2D eigenvalue weighted by molar-refractivity contribution is 0.568. The highest BCUT2D eigenvalue weighted by Crippen LogP contribution is 2.25. The third-order valence-corrected chi connectivity index (χ3v) is 3.60. The van der Waals surface area contributed by atoms with Crippen LogP contribution in [0.2, 0.25) is 0 Å². The molecule has 0 saturated carbocycles. The monoisotopic (exact) mass is 273 g/mol. The molecule has 0 radical (unpaired) electrons. The molecular weight excluding hydrogens is 250 g/mol. The molecule has 20 heavy (non-hydrogen) atoms. The van der Waals surface area contributed by atoms with E-state index in [-0.39, 0.29) is 0 Å². The van der Waals surface area contributed by atoms with Gasteiger partial charge in [0.25, 0.3) is 0 Å². The Balaban J connectivity index is 2.16. The molecule has 1 atom stereocenters. The number of rotatable bonds is 7. The number of aromatic nitrogens is 2. The van der Waals surface area contributed by atoms with Gasteiger partial charge in [-0.1, -0.05) is 32.8 Å². The fourth-order valence-corrected chi connectivity index (χ4v) is 2.26. The van der Waals surface area contributed by atoms with Crippen LogP contribution >= 0.6 is 0 Å². The first-order valence-electron chi connectivity index (χ1n) is 7.38. The molecule has 108 valence electrons. The molecule has 0 aliphatic rings. The Morgan fingerprint density at radius 2 is 2.15 bits per heavy atom. The molecule has 4 nitrogen and oxygen atoms in total. The summed E-state index contributed by atoms with van der Waals surface area (Å²) in [5, 5.41) is 11.3. The Kier molecular flexibility index (Phi) is 5.16. The average molecular weight is 273 g/mol. The number of anilines is 1. The minimum Gasteiger partial charge on any atom is -0.423 e. The predicted molar refractivity (Wildman–Crippen MR) is 81.7 cm³/mol. The van der Waals surface area contributed by atoms with Crippen molar-refractivity contribution in [3.63, 3.8) is 0 Å². The fourth-order valence-electron chi connectivity index (χ4n) is 2.26. The topological polar surface area (TPSA) is 51.0 Å². The van der Waals surface area contributed by atoms with Crippen LogP contribution in [0.3, 0.4) is 0 Å². The lowest BCUT2D eigenvalue weighted by atomic mass is 10.0. The molecule has 0 aliphatic carbocycles. The minimum atomic E-state index is 0.520. The molecule has 0 bridgehead atoms. The van der Waals surface area contributed by atoms with E-state index in [1.807, 2.05) is 6.07 Å². The van der Waals surface area contributed by atoms with Gasteiger partial charge in [0.1, 0.15) is 0 Å². The molecule has 0 aliphatic heterocycles. The van der Waals surface area contributed by atoms with Crippen molar-refractivity contribution in [2.45, 2.75) is 52.5 Å². The standard InChI is InChI=1S/C16H23N3O/c1-4-6-7-14(5-2)18-15-10-13(9-8-12(15)3)16-19-17-11-20-16/h8-11,14,18H,4-7H2,1-3H3. The highest BCUT2D eigenvalue weighted by molar-refractivity contribution is 5.64. The number of nitrogens with one attached hydrogen (secondary N) is 1. The lowest BCUT2D eigenvalue weighted by Gasteiger charge is -2.20. The van der Waals surface area contributed by atoms with Crippen LogP contribution in [-0.2, 0) is 0 Å². The Morgan fingerprint density at radius 3 is 2.80 bits per heavy atom. The molecule has 1 unspecified atom stereocenters. The highest BCUT2D eigenvalue weighted by Gasteiger charge is 2.10. The quantitative estimate of drug-likeness (QED) is 0.811. The molecule has 2 rings (SSSR count). The first kappa shape index (κ1) is 14.6. The summed E-state index contributed by atoms with van der Waals surface area (Å²) in [6, 6.07) is 6.72. The third-order valence-electron chi connectivity index (χ3n) is 3.60. The van der Waals surface area contributed by atoms with E-state index < -0.39 is 0 Å². The van der Waals surface area contributed by atoms with Crippen LogP contribution in [0.5, 0.6) is 0 Å². The maximum Gasteiger partial charge on any atom is 0.247 e. The molecular formula is C16H23N3O. The lowest BCUT2D eigenvalue weighted by Crippen LogP contribution is -2.18. The van der Waals surface area contributed by atoms with Gasteiger partial charge in [-0.2, -0.15) is 0 Å². The molecule has 4 heteroatoms. The normalized spacial score (nSPS) is 12.3. The Hall–Kier alpha value is -1.84. The Bertz CT molecular complexity index is 523. The van der Waals surface area contributed by atoms with Gasteiger partial charge in [-0.05, 0) is 37.5 Å². The van der Waals surface area contributed by atoms with Crippen LogP contribution < -0.4 is 5.32 Å². The summed E-state index contributed by atoms with van der Waals surface area (Å²) in [5.41, 5.74) is 3.35. The summed E-state index contributed by atoms with van der Waals surface area (Å²) in [6.45, 7) is 6.57. The second-order valence-electron chi connectivity index (χ2n) is 5.17. The maximum atomic E-state index is 5.26. The maximum absolute atomic E-state index is 5.26. The van der Waals surface area contributed by atoms with Crippen LogP contribution in [0.15, 0.2) is 29.0 Å². The fraction of sp³-hybridized carbons (Fsp3) is 0.500. The summed E-state index contributed by atoms with van der Waals surface area (Å²) >= 11 is 0. The van der Waals surface area contributed by atoms with Crippen molar-refractivity contribution < 1.29 is 4.42 Å². The van der Waals surface area contributed by atoms with E-state index >= 15 is 0 Å². The summed E-state index contributed by atoms with van der Waals surface area (Å²) in [6.07, 6.45) is 6.19. The third kappa shape index (κ3) is 3.59. The van der Waals surface area contributed by atoms with Crippen molar-refractivity contribution in [2.24, 2.45) is 0 Å². The van der Waals surface area contributed by atoms with Crippen LogP contribution in [-0.4, -0.2) is 16.2 Å². The van der Waals surface area contributed by atoms with Gasteiger partial charge in [-0.15, -0.1) is 10.2 Å². The van der Waals surface area contributed by atoms with Crippen molar-refractivity contribution in [3.05, 3.63) is 30.2 Å². The number of aryl methyl sites for hydroxylation is 1. The second kappa shape index (κ2) is 7.08. The van der Waals surface area contributed by atoms with Crippen molar-refractivity contribution >= 4 is 5.69 Å². The molecule has 2 aromatic rings. The van der Waals surface area contributed by atoms with E-state index in [0.29, 0.717) is 11.9 Å². The van der Waals surface area contributed by atoms with E-state index in [0.717, 1.165) is 17.7 Å². The van der Waals surface area contributed by atoms with Crippen molar-refractivity contribution in [1.29, 1.82) is 0 Å². The van der Waals surface area contributed by atoms with Crippen molar-refractivity contribution in [2.75, 3.05) is 5.32 Å². The van der Waals surface area contributed by atoms with Crippen molar-refractivity contribution in [3.8, 4) is 11.5 Å². The van der Waals surface area contributed by atoms with Gasteiger partial charge in [-0.3, -0.25) is 0 Å².